The van der Waals surface area contributed by atoms with Gasteiger partial charge in [-0.05, 0) is 36.6 Å². The summed E-state index contributed by atoms with van der Waals surface area (Å²) in [5.74, 6) is 4.41. The van der Waals surface area contributed by atoms with Crippen LogP contribution in [0.5, 0.6) is 0 Å². The summed E-state index contributed by atoms with van der Waals surface area (Å²) in [5, 5.41) is 0. The molecule has 0 spiro atoms. The SMILES string of the molecule is CC1CC1c1ccc(CN2CCc3nc(-c4cccnc4)ncc3C2)o1. The molecule has 2 aliphatic rings. The second-order valence-corrected chi connectivity index (χ2v) is 7.49. The minimum absolute atomic E-state index is 0.644. The van der Waals surface area contributed by atoms with Crippen molar-refractivity contribution in [3.05, 3.63) is 65.6 Å². The molecule has 5 rings (SSSR count). The Kier molecular flexibility index (Phi) is 3.82. The van der Waals surface area contributed by atoms with Crippen molar-refractivity contribution in [2.45, 2.75) is 38.8 Å². The van der Waals surface area contributed by atoms with Gasteiger partial charge in [-0.1, -0.05) is 6.92 Å². The third-order valence-electron chi connectivity index (χ3n) is 5.47. The molecular formula is C21H22N4O. The summed E-state index contributed by atoms with van der Waals surface area (Å²) in [6.07, 6.45) is 7.76. The molecule has 1 aliphatic heterocycles. The fourth-order valence-electron chi connectivity index (χ4n) is 3.76. The van der Waals surface area contributed by atoms with Gasteiger partial charge in [0.15, 0.2) is 5.82 Å². The Hall–Kier alpha value is -2.53. The van der Waals surface area contributed by atoms with Gasteiger partial charge in [-0.25, -0.2) is 9.97 Å². The third-order valence-corrected chi connectivity index (χ3v) is 5.47. The highest BCUT2D eigenvalue weighted by Gasteiger charge is 2.36. The Morgan fingerprint density at radius 1 is 1.23 bits per heavy atom. The molecule has 1 saturated carbocycles. The van der Waals surface area contributed by atoms with E-state index in [9.17, 15) is 0 Å². The van der Waals surface area contributed by atoms with Crippen LogP contribution in [0.2, 0.25) is 0 Å². The van der Waals surface area contributed by atoms with E-state index in [2.05, 4.69) is 33.9 Å². The molecule has 0 saturated heterocycles. The van der Waals surface area contributed by atoms with Crippen molar-refractivity contribution in [3.63, 3.8) is 0 Å². The van der Waals surface area contributed by atoms with Crippen molar-refractivity contribution < 1.29 is 4.42 Å². The molecule has 2 unspecified atom stereocenters. The first-order valence-corrected chi connectivity index (χ1v) is 9.32. The third kappa shape index (κ3) is 3.03. The summed E-state index contributed by atoms with van der Waals surface area (Å²) in [6.45, 7) is 5.00. The number of furan rings is 1. The quantitative estimate of drug-likeness (QED) is 0.719. The highest BCUT2D eigenvalue weighted by molar-refractivity contribution is 5.53. The van der Waals surface area contributed by atoms with E-state index < -0.39 is 0 Å². The van der Waals surface area contributed by atoms with Crippen LogP contribution >= 0.6 is 0 Å². The molecule has 26 heavy (non-hydrogen) atoms. The van der Waals surface area contributed by atoms with Gasteiger partial charge < -0.3 is 4.42 Å². The minimum atomic E-state index is 0.644. The average Bonchev–Trinajstić information content (AvgIpc) is 3.23. The molecule has 1 aliphatic carbocycles. The number of fused-ring (bicyclic) bond motifs is 1. The van der Waals surface area contributed by atoms with Crippen LogP contribution in [0.15, 0.2) is 47.3 Å². The molecule has 3 aromatic heterocycles. The molecule has 0 aromatic carbocycles. The first-order chi connectivity index (χ1) is 12.8. The number of aromatic nitrogens is 3. The second kappa shape index (κ2) is 6.32. The Morgan fingerprint density at radius 3 is 2.96 bits per heavy atom. The molecule has 0 radical (unpaired) electrons. The molecule has 5 heteroatoms. The zero-order valence-electron chi connectivity index (χ0n) is 14.9. The zero-order valence-corrected chi connectivity index (χ0v) is 14.9. The molecule has 1 fully saturated rings. The van der Waals surface area contributed by atoms with E-state index in [0.717, 1.165) is 60.6 Å². The summed E-state index contributed by atoms with van der Waals surface area (Å²) in [6, 6.07) is 8.21. The highest BCUT2D eigenvalue weighted by Crippen LogP contribution is 2.47. The van der Waals surface area contributed by atoms with E-state index in [-0.39, 0.29) is 0 Å². The minimum Gasteiger partial charge on any atom is -0.464 e. The lowest BCUT2D eigenvalue weighted by atomic mass is 10.1. The van der Waals surface area contributed by atoms with Gasteiger partial charge in [0.2, 0.25) is 0 Å². The molecule has 0 bridgehead atoms. The zero-order chi connectivity index (χ0) is 17.5. The summed E-state index contributed by atoms with van der Waals surface area (Å²) in [5.41, 5.74) is 3.34. The molecule has 132 valence electrons. The summed E-state index contributed by atoms with van der Waals surface area (Å²) < 4.78 is 6.07. The molecule has 3 aromatic rings. The Morgan fingerprint density at radius 2 is 2.15 bits per heavy atom. The van der Waals surface area contributed by atoms with E-state index in [1.54, 1.807) is 6.20 Å². The van der Waals surface area contributed by atoms with E-state index in [1.165, 1.54) is 12.0 Å². The predicted octanol–water partition coefficient (Wildman–Crippen LogP) is 3.81. The number of nitrogens with zero attached hydrogens (tertiary/aromatic N) is 4. The Bertz CT molecular complexity index is 921. The van der Waals surface area contributed by atoms with Gasteiger partial charge in [-0.15, -0.1) is 0 Å². The van der Waals surface area contributed by atoms with E-state index in [4.69, 9.17) is 9.40 Å². The lowest BCUT2D eigenvalue weighted by molar-refractivity contribution is 0.221. The second-order valence-electron chi connectivity index (χ2n) is 7.49. The largest absolute Gasteiger partial charge is 0.464 e. The predicted molar refractivity (Wildman–Crippen MR) is 98.3 cm³/mol. The van der Waals surface area contributed by atoms with Crippen LogP contribution in [0.3, 0.4) is 0 Å². The van der Waals surface area contributed by atoms with Gasteiger partial charge in [0.1, 0.15) is 11.5 Å². The van der Waals surface area contributed by atoms with Crippen LogP contribution in [-0.2, 0) is 19.5 Å². The average molecular weight is 346 g/mol. The van der Waals surface area contributed by atoms with E-state index in [0.29, 0.717) is 5.92 Å². The smallest absolute Gasteiger partial charge is 0.160 e. The van der Waals surface area contributed by atoms with Crippen LogP contribution in [0.1, 0.15) is 42.0 Å². The lowest BCUT2D eigenvalue weighted by Crippen LogP contribution is -2.30. The first-order valence-electron chi connectivity index (χ1n) is 9.32. The maximum absolute atomic E-state index is 6.07. The van der Waals surface area contributed by atoms with E-state index >= 15 is 0 Å². The van der Waals surface area contributed by atoms with Gasteiger partial charge in [0, 0.05) is 55.1 Å². The van der Waals surface area contributed by atoms with Crippen molar-refractivity contribution >= 4 is 0 Å². The van der Waals surface area contributed by atoms with Crippen LogP contribution in [0, 0.1) is 5.92 Å². The van der Waals surface area contributed by atoms with Crippen LogP contribution in [-0.4, -0.2) is 26.4 Å². The monoisotopic (exact) mass is 346 g/mol. The van der Waals surface area contributed by atoms with Crippen molar-refractivity contribution in [3.8, 4) is 11.4 Å². The summed E-state index contributed by atoms with van der Waals surface area (Å²) >= 11 is 0. The van der Waals surface area contributed by atoms with Gasteiger partial charge >= 0.3 is 0 Å². The Labute approximate surface area is 153 Å². The molecule has 2 atom stereocenters. The number of hydrogen-bond acceptors (Lipinski definition) is 5. The fraction of sp³-hybridized carbons (Fsp3) is 0.381. The number of rotatable bonds is 4. The van der Waals surface area contributed by atoms with Gasteiger partial charge in [0.05, 0.1) is 12.2 Å². The van der Waals surface area contributed by atoms with Gasteiger partial charge in [-0.2, -0.15) is 0 Å². The maximum atomic E-state index is 6.07. The summed E-state index contributed by atoms with van der Waals surface area (Å²) in [4.78, 5) is 15.9. The molecule has 4 heterocycles. The van der Waals surface area contributed by atoms with Crippen LogP contribution < -0.4 is 0 Å². The van der Waals surface area contributed by atoms with Crippen LogP contribution in [0.4, 0.5) is 0 Å². The van der Waals surface area contributed by atoms with Crippen molar-refractivity contribution in [1.82, 2.24) is 19.9 Å². The molecule has 5 nitrogen and oxygen atoms in total. The van der Waals surface area contributed by atoms with Crippen LogP contribution in [0.25, 0.3) is 11.4 Å². The lowest BCUT2D eigenvalue weighted by Gasteiger charge is -2.27. The van der Waals surface area contributed by atoms with Gasteiger partial charge in [-0.3, -0.25) is 9.88 Å². The number of hydrogen-bond donors (Lipinski definition) is 0. The summed E-state index contributed by atoms with van der Waals surface area (Å²) in [7, 11) is 0. The van der Waals surface area contributed by atoms with Crippen molar-refractivity contribution in [1.29, 1.82) is 0 Å². The maximum Gasteiger partial charge on any atom is 0.160 e. The first kappa shape index (κ1) is 15.7. The van der Waals surface area contributed by atoms with Crippen molar-refractivity contribution in [2.24, 2.45) is 5.92 Å². The molecule has 0 amide bonds. The number of pyridine rings is 1. The van der Waals surface area contributed by atoms with Crippen molar-refractivity contribution in [2.75, 3.05) is 6.54 Å². The Balaban J connectivity index is 1.29. The normalized spacial score (nSPS) is 22.2. The van der Waals surface area contributed by atoms with Gasteiger partial charge in [0.25, 0.3) is 0 Å². The standard InChI is InChI=1S/C21H22N4O/c1-14-9-18(14)20-5-4-17(26-20)13-25-8-6-19-16(12-25)11-23-21(24-19)15-3-2-7-22-10-15/h2-5,7,10-11,14,18H,6,8-9,12-13H2,1H3. The van der Waals surface area contributed by atoms with E-state index in [1.807, 2.05) is 24.5 Å². The fourth-order valence-corrected chi connectivity index (χ4v) is 3.76. The molecular weight excluding hydrogens is 324 g/mol. The molecule has 0 N–H and O–H groups in total. The topological polar surface area (TPSA) is 55.1 Å². The highest BCUT2D eigenvalue weighted by atomic mass is 16.3.